The molecule has 0 aliphatic rings. The van der Waals surface area contributed by atoms with E-state index in [1.807, 2.05) is 0 Å². The van der Waals surface area contributed by atoms with Crippen LogP contribution in [-0.4, -0.2) is 14.9 Å². The Bertz CT molecular complexity index is 190. The summed E-state index contributed by atoms with van der Waals surface area (Å²) in [7, 11) is 0. The number of hydrogen-bond acceptors (Lipinski definition) is 3. The third-order valence-corrected chi connectivity index (χ3v) is 0.657. The molecule has 1 N–H and O–H groups in total. The van der Waals surface area contributed by atoms with Gasteiger partial charge < -0.3 is 11.5 Å². The Hall–Kier alpha value is -0.390. The molecule has 0 aromatic carbocycles. The molecule has 0 bridgehead atoms. The summed E-state index contributed by atoms with van der Waals surface area (Å²) in [6.45, 7) is 0. The molecule has 0 aliphatic carbocycles. The Morgan fingerprint density at radius 3 is 2.78 bits per heavy atom. The average molecular weight is 137 g/mol. The van der Waals surface area contributed by atoms with Crippen molar-refractivity contribution in [3.05, 3.63) is 22.5 Å². The Kier molecular flexibility index (Phi) is 3.44. The normalized spacial score (nSPS) is 8.00. The van der Waals surface area contributed by atoms with Crippen molar-refractivity contribution in [3.8, 4) is 0 Å². The zero-order valence-corrected chi connectivity index (χ0v) is 6.87. The molecule has 0 atom stereocenters. The maximum absolute atomic E-state index is 9.77. The molecule has 44 valence electrons. The number of H-pyrrole nitrogens is 1. The predicted molar refractivity (Wildman–Crippen MR) is 26.4 cm³/mol. The smallest absolute Gasteiger partial charge is 1.00 e. The van der Waals surface area contributed by atoms with E-state index in [1.165, 1.54) is 12.4 Å². The fourth-order valence-corrected chi connectivity index (χ4v) is 0.357. The molecule has 1 aromatic rings. The summed E-state index contributed by atoms with van der Waals surface area (Å²) in [6, 6.07) is 0. The maximum Gasteiger partial charge on any atom is 1.00 e. The SMILES string of the molecule is O=[N+]([O-])c1ncc[nH]1.[H-].[Na+]. The largest absolute Gasteiger partial charge is 1.00 e. The molecular weight excluding hydrogens is 133 g/mol. The summed E-state index contributed by atoms with van der Waals surface area (Å²) in [6.07, 6.45) is 2.73. The van der Waals surface area contributed by atoms with Crippen molar-refractivity contribution in [1.29, 1.82) is 0 Å². The van der Waals surface area contributed by atoms with E-state index in [0.717, 1.165) is 0 Å². The molecule has 1 heterocycles. The minimum atomic E-state index is -0.583. The van der Waals surface area contributed by atoms with E-state index in [-0.39, 0.29) is 36.9 Å². The first kappa shape index (κ1) is 8.61. The molecule has 0 unspecified atom stereocenters. The van der Waals surface area contributed by atoms with Gasteiger partial charge in [0.05, 0.1) is 6.20 Å². The molecule has 5 nitrogen and oxygen atoms in total. The first-order valence-corrected chi connectivity index (χ1v) is 1.94. The van der Waals surface area contributed by atoms with E-state index in [9.17, 15) is 10.1 Å². The predicted octanol–water partition coefficient (Wildman–Crippen LogP) is -2.57. The molecule has 0 aliphatic heterocycles. The first-order valence-electron chi connectivity index (χ1n) is 1.94. The number of imidazole rings is 1. The van der Waals surface area contributed by atoms with Gasteiger partial charge in [-0.1, -0.05) is 4.98 Å². The molecule has 0 amide bonds. The van der Waals surface area contributed by atoms with Crippen molar-refractivity contribution < 1.29 is 35.9 Å². The van der Waals surface area contributed by atoms with Gasteiger partial charge in [-0.25, -0.2) is 4.98 Å². The van der Waals surface area contributed by atoms with Crippen LogP contribution in [0.3, 0.4) is 0 Å². The summed E-state index contributed by atoms with van der Waals surface area (Å²) in [5.74, 6) is -0.218. The molecular formula is C3H4N3NaO2. The van der Waals surface area contributed by atoms with Crippen LogP contribution in [-0.2, 0) is 0 Å². The molecule has 0 saturated heterocycles. The Labute approximate surface area is 74.4 Å². The van der Waals surface area contributed by atoms with Crippen LogP contribution in [0.15, 0.2) is 12.4 Å². The fourth-order valence-electron chi connectivity index (χ4n) is 0.357. The number of aromatic amines is 1. The van der Waals surface area contributed by atoms with Crippen molar-refractivity contribution in [3.63, 3.8) is 0 Å². The summed E-state index contributed by atoms with van der Waals surface area (Å²) in [5.41, 5.74) is 0. The van der Waals surface area contributed by atoms with Gasteiger partial charge in [0.25, 0.3) is 0 Å². The number of aromatic nitrogens is 2. The molecule has 0 spiro atoms. The summed E-state index contributed by atoms with van der Waals surface area (Å²) in [5, 5.41) is 9.77. The van der Waals surface area contributed by atoms with Crippen molar-refractivity contribution in [2.24, 2.45) is 0 Å². The standard InChI is InChI=1S/C3H3N3O2.Na.H/c7-6(8)3-4-1-2-5-3;;/h1-2H,(H,4,5);;/q;+1;-1. The number of nitro groups is 1. The van der Waals surface area contributed by atoms with Gasteiger partial charge in [-0.2, -0.15) is 0 Å². The summed E-state index contributed by atoms with van der Waals surface area (Å²) < 4.78 is 0. The molecule has 9 heavy (non-hydrogen) atoms. The van der Waals surface area contributed by atoms with Gasteiger partial charge in [-0.3, -0.25) is 0 Å². The van der Waals surface area contributed by atoms with Gasteiger partial charge in [0.1, 0.15) is 6.20 Å². The quantitative estimate of drug-likeness (QED) is 0.263. The van der Waals surface area contributed by atoms with E-state index in [0.29, 0.717) is 0 Å². The van der Waals surface area contributed by atoms with E-state index in [2.05, 4.69) is 9.97 Å². The number of rotatable bonds is 1. The van der Waals surface area contributed by atoms with Gasteiger partial charge in [-0.15, -0.1) is 0 Å². The zero-order chi connectivity index (χ0) is 5.98. The van der Waals surface area contributed by atoms with E-state index < -0.39 is 4.92 Å². The second-order valence-electron chi connectivity index (χ2n) is 1.17. The number of nitrogens with zero attached hydrogens (tertiary/aromatic N) is 2. The van der Waals surface area contributed by atoms with Crippen LogP contribution in [0.5, 0.6) is 0 Å². The topological polar surface area (TPSA) is 71.8 Å². The molecule has 1 aromatic heterocycles. The van der Waals surface area contributed by atoms with Crippen molar-refractivity contribution in [2.75, 3.05) is 0 Å². The van der Waals surface area contributed by atoms with Crippen LogP contribution < -0.4 is 29.6 Å². The molecule has 6 heteroatoms. The average Bonchev–Trinajstić information content (AvgIpc) is 2.12. The van der Waals surface area contributed by atoms with Gasteiger partial charge >= 0.3 is 35.5 Å². The van der Waals surface area contributed by atoms with E-state index in [4.69, 9.17) is 0 Å². The summed E-state index contributed by atoms with van der Waals surface area (Å²) >= 11 is 0. The Morgan fingerprint density at radius 1 is 1.89 bits per heavy atom. The van der Waals surface area contributed by atoms with Gasteiger partial charge in [0.15, 0.2) is 0 Å². The van der Waals surface area contributed by atoms with Crippen molar-refractivity contribution in [2.45, 2.75) is 0 Å². The monoisotopic (exact) mass is 137 g/mol. The molecule has 0 fully saturated rings. The third-order valence-electron chi connectivity index (χ3n) is 0.657. The van der Waals surface area contributed by atoms with Crippen LogP contribution in [0.25, 0.3) is 0 Å². The number of hydrogen-bond donors (Lipinski definition) is 1. The van der Waals surface area contributed by atoms with Gasteiger partial charge in [-0.05, 0) is 4.92 Å². The zero-order valence-electron chi connectivity index (χ0n) is 5.87. The Balaban J connectivity index is 0. The van der Waals surface area contributed by atoms with Crippen LogP contribution in [0, 0.1) is 10.1 Å². The second-order valence-corrected chi connectivity index (χ2v) is 1.17. The van der Waals surface area contributed by atoms with Crippen LogP contribution in [0.4, 0.5) is 5.95 Å². The minimum absolute atomic E-state index is 0. The molecule has 0 saturated carbocycles. The fraction of sp³-hybridized carbons (Fsp3) is 0. The first-order chi connectivity index (χ1) is 3.80. The van der Waals surface area contributed by atoms with Crippen molar-refractivity contribution >= 4 is 5.95 Å². The maximum atomic E-state index is 9.77. The van der Waals surface area contributed by atoms with E-state index in [1.54, 1.807) is 0 Å². The van der Waals surface area contributed by atoms with Crippen LogP contribution in [0.1, 0.15) is 1.43 Å². The Morgan fingerprint density at radius 2 is 2.56 bits per heavy atom. The van der Waals surface area contributed by atoms with Crippen LogP contribution >= 0.6 is 0 Å². The van der Waals surface area contributed by atoms with Gasteiger partial charge in [0, 0.05) is 0 Å². The molecule has 1 rings (SSSR count). The third kappa shape index (κ3) is 2.13. The second kappa shape index (κ2) is 3.60. The van der Waals surface area contributed by atoms with Crippen molar-refractivity contribution in [1.82, 2.24) is 9.97 Å². The van der Waals surface area contributed by atoms with Crippen LogP contribution in [0.2, 0.25) is 0 Å². The van der Waals surface area contributed by atoms with E-state index >= 15 is 0 Å². The number of nitrogens with one attached hydrogen (secondary N) is 1. The summed E-state index contributed by atoms with van der Waals surface area (Å²) in [4.78, 5) is 14.9. The molecule has 0 radical (unpaired) electrons. The minimum Gasteiger partial charge on any atom is -1.00 e. The van der Waals surface area contributed by atoms with Gasteiger partial charge in [0.2, 0.25) is 0 Å².